The molecule has 0 aliphatic carbocycles. The second kappa shape index (κ2) is 9.60. The SMILES string of the molecule is O=C(c1ccc(OCc2cscn2)cc1)N1CCN(Cc2nc(-c3cccs3)no2)CC1. The van der Waals surface area contributed by atoms with Gasteiger partial charge in [0.15, 0.2) is 0 Å². The van der Waals surface area contributed by atoms with Crippen molar-refractivity contribution in [3.63, 3.8) is 0 Å². The molecular weight excluding hydrogens is 446 g/mol. The molecule has 10 heteroatoms. The van der Waals surface area contributed by atoms with Crippen molar-refractivity contribution in [2.24, 2.45) is 0 Å². The standard InChI is InChI=1S/C22H21N5O3S2/c28-22(16-3-5-18(6-4-16)29-13-17-14-31-15-23-17)27-9-7-26(8-10-27)12-20-24-21(25-30-20)19-2-1-11-32-19/h1-6,11,14-15H,7-10,12-13H2. The van der Waals surface area contributed by atoms with Crippen LogP contribution in [0.2, 0.25) is 0 Å². The van der Waals surface area contributed by atoms with Gasteiger partial charge in [-0.15, -0.1) is 22.7 Å². The van der Waals surface area contributed by atoms with E-state index in [4.69, 9.17) is 9.26 Å². The van der Waals surface area contributed by atoms with Gasteiger partial charge in [0.25, 0.3) is 5.91 Å². The highest BCUT2D eigenvalue weighted by molar-refractivity contribution is 7.13. The Labute approximate surface area is 193 Å². The summed E-state index contributed by atoms with van der Waals surface area (Å²) < 4.78 is 11.1. The third-order valence-corrected chi connectivity index (χ3v) is 6.70. The van der Waals surface area contributed by atoms with E-state index in [0.717, 1.165) is 29.4 Å². The van der Waals surface area contributed by atoms with Crippen LogP contribution in [0.25, 0.3) is 10.7 Å². The van der Waals surface area contributed by atoms with E-state index in [1.807, 2.05) is 52.1 Å². The molecule has 0 spiro atoms. The largest absolute Gasteiger partial charge is 0.487 e. The number of benzene rings is 1. The van der Waals surface area contributed by atoms with Crippen molar-refractivity contribution in [3.05, 3.63) is 69.8 Å². The molecule has 164 valence electrons. The number of amides is 1. The fourth-order valence-corrected chi connectivity index (χ4v) is 4.66. The topological polar surface area (TPSA) is 84.6 Å². The highest BCUT2D eigenvalue weighted by Gasteiger charge is 2.23. The number of carbonyl (C=O) groups is 1. The molecule has 1 amide bonds. The Balaban J connectivity index is 1.11. The zero-order valence-electron chi connectivity index (χ0n) is 17.2. The van der Waals surface area contributed by atoms with Gasteiger partial charge < -0.3 is 14.2 Å². The van der Waals surface area contributed by atoms with Gasteiger partial charge in [-0.25, -0.2) is 4.98 Å². The number of ether oxygens (including phenoxy) is 1. The molecule has 1 aliphatic rings. The first-order valence-electron chi connectivity index (χ1n) is 10.2. The van der Waals surface area contributed by atoms with Crippen LogP contribution in [0.4, 0.5) is 0 Å². The number of aromatic nitrogens is 3. The molecule has 3 aromatic heterocycles. The molecule has 0 radical (unpaired) electrons. The Morgan fingerprint density at radius 3 is 2.69 bits per heavy atom. The van der Waals surface area contributed by atoms with E-state index in [9.17, 15) is 4.79 Å². The first-order valence-corrected chi connectivity index (χ1v) is 12.0. The van der Waals surface area contributed by atoms with Crippen molar-refractivity contribution < 1.29 is 14.1 Å². The number of nitrogens with zero attached hydrogens (tertiary/aromatic N) is 5. The Morgan fingerprint density at radius 2 is 1.97 bits per heavy atom. The van der Waals surface area contributed by atoms with Crippen molar-refractivity contribution in [1.82, 2.24) is 24.9 Å². The lowest BCUT2D eigenvalue weighted by molar-refractivity contribution is 0.0615. The van der Waals surface area contributed by atoms with Crippen molar-refractivity contribution in [2.75, 3.05) is 26.2 Å². The van der Waals surface area contributed by atoms with Gasteiger partial charge in [0.1, 0.15) is 12.4 Å². The van der Waals surface area contributed by atoms with Crippen LogP contribution in [0.5, 0.6) is 5.75 Å². The molecule has 4 heterocycles. The fourth-order valence-electron chi connectivity index (χ4n) is 3.47. The second-order valence-corrected chi connectivity index (χ2v) is 9.02. The van der Waals surface area contributed by atoms with Crippen LogP contribution in [-0.2, 0) is 13.2 Å². The van der Waals surface area contributed by atoms with Gasteiger partial charge >= 0.3 is 0 Å². The van der Waals surface area contributed by atoms with E-state index in [1.165, 1.54) is 0 Å². The molecule has 1 fully saturated rings. The predicted octanol–water partition coefficient (Wildman–Crippen LogP) is 3.79. The average Bonchev–Trinajstić information content (AvgIpc) is 3.61. The van der Waals surface area contributed by atoms with E-state index in [2.05, 4.69) is 20.0 Å². The normalized spacial score (nSPS) is 14.6. The first kappa shape index (κ1) is 20.8. The van der Waals surface area contributed by atoms with Gasteiger partial charge in [-0.3, -0.25) is 9.69 Å². The van der Waals surface area contributed by atoms with Crippen LogP contribution in [0.3, 0.4) is 0 Å². The molecule has 8 nitrogen and oxygen atoms in total. The third kappa shape index (κ3) is 4.87. The molecule has 1 aliphatic heterocycles. The number of hydrogen-bond acceptors (Lipinski definition) is 9. The lowest BCUT2D eigenvalue weighted by atomic mass is 10.1. The molecule has 0 bridgehead atoms. The third-order valence-electron chi connectivity index (χ3n) is 5.20. The maximum absolute atomic E-state index is 12.9. The first-order chi connectivity index (χ1) is 15.7. The summed E-state index contributed by atoms with van der Waals surface area (Å²) in [5.41, 5.74) is 3.35. The molecule has 1 saturated heterocycles. The van der Waals surface area contributed by atoms with E-state index in [0.29, 0.717) is 43.5 Å². The molecule has 5 rings (SSSR count). The van der Waals surface area contributed by atoms with E-state index >= 15 is 0 Å². The molecule has 32 heavy (non-hydrogen) atoms. The minimum atomic E-state index is 0.0356. The highest BCUT2D eigenvalue weighted by Crippen LogP contribution is 2.22. The lowest BCUT2D eigenvalue weighted by Gasteiger charge is -2.34. The van der Waals surface area contributed by atoms with Gasteiger partial charge in [0.05, 0.1) is 22.6 Å². The van der Waals surface area contributed by atoms with Crippen molar-refractivity contribution in [2.45, 2.75) is 13.2 Å². The fraction of sp³-hybridized carbons (Fsp3) is 0.273. The van der Waals surface area contributed by atoms with E-state index in [1.54, 1.807) is 28.2 Å². The van der Waals surface area contributed by atoms with Crippen LogP contribution < -0.4 is 4.74 Å². The summed E-state index contributed by atoms with van der Waals surface area (Å²) in [7, 11) is 0. The molecule has 0 saturated carbocycles. The van der Waals surface area contributed by atoms with Gasteiger partial charge in [-0.05, 0) is 35.7 Å². The molecule has 0 unspecified atom stereocenters. The quantitative estimate of drug-likeness (QED) is 0.409. The van der Waals surface area contributed by atoms with Crippen LogP contribution >= 0.6 is 22.7 Å². The van der Waals surface area contributed by atoms with Crippen LogP contribution in [0.1, 0.15) is 21.9 Å². The monoisotopic (exact) mass is 467 g/mol. The Bertz CT molecular complexity index is 1130. The maximum atomic E-state index is 12.9. The van der Waals surface area contributed by atoms with Gasteiger partial charge in [0, 0.05) is 37.1 Å². The predicted molar refractivity (Wildman–Crippen MR) is 122 cm³/mol. The summed E-state index contributed by atoms with van der Waals surface area (Å²) in [6.45, 7) is 3.85. The van der Waals surface area contributed by atoms with E-state index in [-0.39, 0.29) is 5.91 Å². The number of piperazine rings is 1. The van der Waals surface area contributed by atoms with Crippen molar-refractivity contribution in [1.29, 1.82) is 0 Å². The molecule has 0 atom stereocenters. The lowest BCUT2D eigenvalue weighted by Crippen LogP contribution is -2.48. The zero-order valence-corrected chi connectivity index (χ0v) is 18.8. The van der Waals surface area contributed by atoms with Crippen LogP contribution in [-0.4, -0.2) is 57.0 Å². The van der Waals surface area contributed by atoms with Gasteiger partial charge in [0.2, 0.25) is 11.7 Å². The Hall–Kier alpha value is -3.08. The molecule has 0 N–H and O–H groups in total. The second-order valence-electron chi connectivity index (χ2n) is 7.35. The Kier molecular flexibility index (Phi) is 6.24. The Morgan fingerprint density at radius 1 is 1.12 bits per heavy atom. The summed E-state index contributed by atoms with van der Waals surface area (Å²) in [6, 6.07) is 11.2. The average molecular weight is 468 g/mol. The van der Waals surface area contributed by atoms with Gasteiger partial charge in [-0.1, -0.05) is 11.2 Å². The molecule has 1 aromatic carbocycles. The van der Waals surface area contributed by atoms with Gasteiger partial charge in [-0.2, -0.15) is 4.98 Å². The summed E-state index contributed by atoms with van der Waals surface area (Å²) in [6.07, 6.45) is 0. The summed E-state index contributed by atoms with van der Waals surface area (Å²) in [4.78, 5) is 26.7. The summed E-state index contributed by atoms with van der Waals surface area (Å²) >= 11 is 3.13. The number of hydrogen-bond donors (Lipinski definition) is 0. The highest BCUT2D eigenvalue weighted by atomic mass is 32.1. The number of thiazole rings is 1. The number of thiophene rings is 1. The van der Waals surface area contributed by atoms with E-state index < -0.39 is 0 Å². The smallest absolute Gasteiger partial charge is 0.253 e. The number of rotatable bonds is 7. The molecule has 4 aromatic rings. The van der Waals surface area contributed by atoms with Crippen molar-refractivity contribution in [3.8, 4) is 16.5 Å². The number of carbonyl (C=O) groups excluding carboxylic acids is 1. The van der Waals surface area contributed by atoms with Crippen LogP contribution in [0.15, 0.2) is 57.2 Å². The summed E-state index contributed by atoms with van der Waals surface area (Å²) in [5, 5.41) is 8.01. The van der Waals surface area contributed by atoms with Crippen molar-refractivity contribution >= 4 is 28.6 Å². The van der Waals surface area contributed by atoms with Crippen LogP contribution in [0, 0.1) is 0 Å². The summed E-state index contributed by atoms with van der Waals surface area (Å²) in [5.74, 6) is 1.98. The maximum Gasteiger partial charge on any atom is 0.253 e. The zero-order chi connectivity index (χ0) is 21.8. The minimum Gasteiger partial charge on any atom is -0.487 e. The minimum absolute atomic E-state index is 0.0356. The molecular formula is C22H21N5O3S2.